The van der Waals surface area contributed by atoms with Gasteiger partial charge >= 0.3 is 0 Å². The van der Waals surface area contributed by atoms with E-state index in [1.165, 1.54) is 71.9 Å². The number of anilines is 3. The van der Waals surface area contributed by atoms with E-state index in [-0.39, 0.29) is 5.41 Å². The van der Waals surface area contributed by atoms with E-state index in [2.05, 4.69) is 254 Å². The van der Waals surface area contributed by atoms with Crippen LogP contribution >= 0.6 is 0 Å². The van der Waals surface area contributed by atoms with Gasteiger partial charge in [-0.2, -0.15) is 0 Å². The van der Waals surface area contributed by atoms with Crippen LogP contribution in [-0.4, -0.2) is 4.57 Å². The molecule has 10 aromatic rings. The van der Waals surface area contributed by atoms with Crippen LogP contribution in [0.25, 0.3) is 73.0 Å². The monoisotopic (exact) mass is 780 g/mol. The summed E-state index contributed by atoms with van der Waals surface area (Å²) >= 11 is 0. The summed E-state index contributed by atoms with van der Waals surface area (Å²) < 4.78 is 2.54. The van der Waals surface area contributed by atoms with E-state index < -0.39 is 0 Å². The van der Waals surface area contributed by atoms with Gasteiger partial charge in [0, 0.05) is 38.9 Å². The van der Waals surface area contributed by atoms with Gasteiger partial charge in [-0.05, 0) is 116 Å². The number of nitrogens with zero attached hydrogens (tertiary/aromatic N) is 2. The molecule has 0 bridgehead atoms. The van der Waals surface area contributed by atoms with E-state index in [1.54, 1.807) is 0 Å². The Bertz CT molecular complexity index is 3130. The van der Waals surface area contributed by atoms with Gasteiger partial charge in [0.05, 0.1) is 11.0 Å². The van der Waals surface area contributed by atoms with E-state index in [0.717, 1.165) is 28.3 Å². The Morgan fingerprint density at radius 3 is 1.54 bits per heavy atom. The van der Waals surface area contributed by atoms with Crippen LogP contribution in [0.2, 0.25) is 0 Å². The second-order valence-corrected chi connectivity index (χ2v) is 16.6. The molecule has 0 radical (unpaired) electrons. The highest BCUT2D eigenvalue weighted by Crippen LogP contribution is 2.53. The van der Waals surface area contributed by atoms with E-state index in [1.807, 2.05) is 0 Å². The minimum Gasteiger partial charge on any atom is -0.311 e. The highest BCUT2D eigenvalue weighted by Gasteiger charge is 2.38. The van der Waals surface area contributed by atoms with Crippen molar-refractivity contribution in [2.75, 3.05) is 4.90 Å². The molecule has 0 atom stereocenters. The summed E-state index contributed by atoms with van der Waals surface area (Å²) in [7, 11) is 0. The molecule has 2 nitrogen and oxygen atoms in total. The highest BCUT2D eigenvalue weighted by molar-refractivity contribution is 6.13. The Hall–Kier alpha value is -7.68. The molecular weight excluding hydrogens is 737 g/mol. The van der Waals surface area contributed by atoms with Crippen molar-refractivity contribution in [2.45, 2.75) is 19.3 Å². The number of para-hydroxylation sites is 3. The molecule has 2 heteroatoms. The molecule has 0 spiro atoms. The van der Waals surface area contributed by atoms with Crippen LogP contribution in [0.4, 0.5) is 17.1 Å². The maximum Gasteiger partial charge on any atom is 0.0588 e. The Kier molecular flexibility index (Phi) is 8.86. The maximum absolute atomic E-state index is 2.54. The predicted molar refractivity (Wildman–Crippen MR) is 259 cm³/mol. The van der Waals surface area contributed by atoms with Crippen LogP contribution in [-0.2, 0) is 5.41 Å². The van der Waals surface area contributed by atoms with Gasteiger partial charge in [-0.25, -0.2) is 0 Å². The third kappa shape index (κ3) is 6.36. The minimum atomic E-state index is -0.251. The van der Waals surface area contributed by atoms with Gasteiger partial charge in [-0.3, -0.25) is 0 Å². The second kappa shape index (κ2) is 14.9. The Morgan fingerprint density at radius 2 is 0.918 bits per heavy atom. The molecule has 0 fully saturated rings. The third-order valence-electron chi connectivity index (χ3n) is 12.5. The number of fused-ring (bicyclic) bond motifs is 7. The molecule has 290 valence electrons. The lowest BCUT2D eigenvalue weighted by Gasteiger charge is -2.25. The van der Waals surface area contributed by atoms with Crippen molar-refractivity contribution in [1.82, 2.24) is 4.57 Å². The van der Waals surface area contributed by atoms with Crippen LogP contribution in [0.5, 0.6) is 0 Å². The Labute approximate surface area is 358 Å². The fourth-order valence-electron chi connectivity index (χ4n) is 9.60. The van der Waals surface area contributed by atoms with E-state index in [0.29, 0.717) is 0 Å². The average molecular weight is 781 g/mol. The first-order chi connectivity index (χ1) is 30.0. The highest BCUT2D eigenvalue weighted by atomic mass is 15.1. The first-order valence-corrected chi connectivity index (χ1v) is 21.2. The first kappa shape index (κ1) is 36.4. The Balaban J connectivity index is 0.996. The van der Waals surface area contributed by atoms with Crippen LogP contribution in [0.1, 0.15) is 36.1 Å². The zero-order valence-electron chi connectivity index (χ0n) is 34.3. The average Bonchev–Trinajstić information content (AvgIpc) is 3.78. The lowest BCUT2D eigenvalue weighted by molar-refractivity contribution is 0.663. The molecule has 0 aliphatic heterocycles. The van der Waals surface area contributed by atoms with Crippen molar-refractivity contribution >= 4 is 51.0 Å². The molecule has 0 N–H and O–H groups in total. The van der Waals surface area contributed by atoms with Gasteiger partial charge in [0.2, 0.25) is 0 Å². The maximum atomic E-state index is 2.54. The van der Waals surface area contributed by atoms with Gasteiger partial charge in [0.15, 0.2) is 0 Å². The van der Waals surface area contributed by atoms with E-state index in [4.69, 9.17) is 0 Å². The van der Waals surface area contributed by atoms with Gasteiger partial charge < -0.3 is 9.47 Å². The van der Waals surface area contributed by atoms with E-state index in [9.17, 15) is 0 Å². The van der Waals surface area contributed by atoms with Crippen LogP contribution in [0, 0.1) is 0 Å². The topological polar surface area (TPSA) is 8.17 Å². The number of benzene rings is 9. The number of hydrogen-bond acceptors (Lipinski definition) is 1. The molecule has 0 saturated heterocycles. The molecule has 0 saturated carbocycles. The van der Waals surface area contributed by atoms with Crippen LogP contribution in [0.15, 0.2) is 218 Å². The SMILES string of the molecule is CC1(C)c2cc(/C=C/c3ccc(N(c4ccccc4)c4ccccc4)cc3)ccc2-c2ccc3c4ccccc4n(-c4cc(-c5ccccc5)cc(-c5ccccc5)c4)c3c21. The smallest absolute Gasteiger partial charge is 0.0588 e. The fraction of sp³-hybridized carbons (Fsp3) is 0.0508. The lowest BCUT2D eigenvalue weighted by atomic mass is 9.81. The lowest BCUT2D eigenvalue weighted by Crippen LogP contribution is -2.16. The Morgan fingerprint density at radius 1 is 0.410 bits per heavy atom. The van der Waals surface area contributed by atoms with Gasteiger partial charge in [0.25, 0.3) is 0 Å². The molecule has 9 aromatic carbocycles. The van der Waals surface area contributed by atoms with Crippen molar-refractivity contribution in [3.8, 4) is 39.1 Å². The zero-order chi connectivity index (χ0) is 40.9. The van der Waals surface area contributed by atoms with Gasteiger partial charge in [-0.1, -0.05) is 184 Å². The second-order valence-electron chi connectivity index (χ2n) is 16.6. The standard InChI is InChI=1S/C59H44N2/c1-59(2)55-37-42(28-27-41-29-32-49(33-30-41)60(47-21-11-5-12-22-47)48-23-13-6-14-24-48)31-34-51(55)53-35-36-54-52-25-15-16-26-56(52)61(58(54)57(53)59)50-39-45(43-17-7-3-8-18-43)38-46(40-50)44-19-9-4-10-20-44/h3-40H,1-2H3/b28-27+. The molecular formula is C59H44N2. The zero-order valence-corrected chi connectivity index (χ0v) is 34.3. The van der Waals surface area contributed by atoms with Crippen molar-refractivity contribution in [2.24, 2.45) is 0 Å². The summed E-state index contributed by atoms with van der Waals surface area (Å²) in [5.41, 5.74) is 19.3. The molecule has 1 aromatic heterocycles. The van der Waals surface area contributed by atoms with Crippen molar-refractivity contribution in [3.05, 3.63) is 241 Å². The summed E-state index contributed by atoms with van der Waals surface area (Å²) in [6, 6.07) is 79.2. The molecule has 1 aliphatic carbocycles. The largest absolute Gasteiger partial charge is 0.311 e. The third-order valence-corrected chi connectivity index (χ3v) is 12.5. The van der Waals surface area contributed by atoms with Gasteiger partial charge in [-0.15, -0.1) is 0 Å². The molecule has 11 rings (SSSR count). The summed E-state index contributed by atoms with van der Waals surface area (Å²) in [5, 5.41) is 2.55. The number of hydrogen-bond donors (Lipinski definition) is 0. The van der Waals surface area contributed by atoms with Gasteiger partial charge in [0.1, 0.15) is 0 Å². The summed E-state index contributed by atoms with van der Waals surface area (Å²) in [6.07, 6.45) is 4.49. The van der Waals surface area contributed by atoms with Crippen molar-refractivity contribution in [1.29, 1.82) is 0 Å². The van der Waals surface area contributed by atoms with E-state index >= 15 is 0 Å². The first-order valence-electron chi connectivity index (χ1n) is 21.2. The van der Waals surface area contributed by atoms with Crippen LogP contribution in [0.3, 0.4) is 0 Å². The fourth-order valence-corrected chi connectivity index (χ4v) is 9.60. The molecule has 61 heavy (non-hydrogen) atoms. The quantitative estimate of drug-likeness (QED) is 0.139. The molecule has 1 heterocycles. The normalized spacial score (nSPS) is 12.8. The molecule has 0 unspecified atom stereocenters. The number of aromatic nitrogens is 1. The summed E-state index contributed by atoms with van der Waals surface area (Å²) in [5.74, 6) is 0. The molecule has 0 amide bonds. The summed E-state index contributed by atoms with van der Waals surface area (Å²) in [4.78, 5) is 2.30. The predicted octanol–water partition coefficient (Wildman–Crippen LogP) is 16.1. The number of rotatable bonds is 8. The van der Waals surface area contributed by atoms with Crippen LogP contribution < -0.4 is 4.90 Å². The minimum absolute atomic E-state index is 0.251. The van der Waals surface area contributed by atoms with Crippen molar-refractivity contribution in [3.63, 3.8) is 0 Å². The molecule has 1 aliphatic rings. The van der Waals surface area contributed by atoms with Crippen molar-refractivity contribution < 1.29 is 0 Å². The summed E-state index contributed by atoms with van der Waals surface area (Å²) in [6.45, 7) is 4.82.